The predicted molar refractivity (Wildman–Crippen MR) is 58.6 cm³/mol. The smallest absolute Gasteiger partial charge is 0.224 e. The van der Waals surface area contributed by atoms with Crippen LogP contribution in [0.15, 0.2) is 0 Å². The summed E-state index contributed by atoms with van der Waals surface area (Å²) in [6.45, 7) is 4.23. The fourth-order valence-corrected chi connectivity index (χ4v) is 2.63. The minimum atomic E-state index is -0.369. The highest BCUT2D eigenvalue weighted by molar-refractivity contribution is 7.12. The molecule has 1 amide bonds. The number of nitrogens with zero attached hydrogens (tertiary/aromatic N) is 1. The third-order valence-electron chi connectivity index (χ3n) is 1.61. The van der Waals surface area contributed by atoms with E-state index < -0.39 is 0 Å². The molecule has 0 saturated carbocycles. The summed E-state index contributed by atoms with van der Waals surface area (Å²) >= 11 is 7.39. The van der Waals surface area contributed by atoms with Crippen LogP contribution in [0.1, 0.15) is 23.7 Å². The van der Waals surface area contributed by atoms with E-state index in [9.17, 15) is 4.79 Å². The molecule has 0 aliphatic heterocycles. The van der Waals surface area contributed by atoms with E-state index in [-0.39, 0.29) is 12.3 Å². The van der Waals surface area contributed by atoms with Crippen molar-refractivity contribution in [1.82, 2.24) is 4.98 Å². The molecule has 0 unspecified atom stereocenters. The number of halogens is 1. The molecular formula is C9H13ClN2OS. The molecule has 78 valence electrons. The van der Waals surface area contributed by atoms with Crippen molar-refractivity contribution < 1.29 is 4.79 Å². The first-order valence-corrected chi connectivity index (χ1v) is 5.61. The van der Waals surface area contributed by atoms with Gasteiger partial charge in [0.15, 0.2) is 0 Å². The zero-order chi connectivity index (χ0) is 10.7. The van der Waals surface area contributed by atoms with Crippen molar-refractivity contribution in [1.29, 1.82) is 0 Å². The highest BCUT2D eigenvalue weighted by Gasteiger charge is 2.11. The van der Waals surface area contributed by atoms with Gasteiger partial charge in [0.05, 0.1) is 6.42 Å². The van der Waals surface area contributed by atoms with Crippen molar-refractivity contribution in [2.24, 2.45) is 11.7 Å². The van der Waals surface area contributed by atoms with Crippen molar-refractivity contribution >= 4 is 28.8 Å². The lowest BCUT2D eigenvalue weighted by molar-refractivity contribution is -0.117. The average Bonchev–Trinajstić information content (AvgIpc) is 2.28. The van der Waals surface area contributed by atoms with Gasteiger partial charge in [-0.15, -0.1) is 11.3 Å². The Balaban J connectivity index is 2.76. The van der Waals surface area contributed by atoms with E-state index >= 15 is 0 Å². The summed E-state index contributed by atoms with van der Waals surface area (Å²) in [7, 11) is 0. The topological polar surface area (TPSA) is 56.0 Å². The molecule has 0 atom stereocenters. The molecule has 14 heavy (non-hydrogen) atoms. The molecule has 0 fully saturated rings. The lowest BCUT2D eigenvalue weighted by atomic mass is 10.1. The van der Waals surface area contributed by atoms with E-state index in [1.54, 1.807) is 0 Å². The van der Waals surface area contributed by atoms with Gasteiger partial charge in [0.1, 0.15) is 10.2 Å². The first-order chi connectivity index (χ1) is 6.49. The summed E-state index contributed by atoms with van der Waals surface area (Å²) in [5.41, 5.74) is 5.07. The largest absolute Gasteiger partial charge is 0.369 e. The van der Waals surface area contributed by atoms with E-state index in [1.165, 1.54) is 11.3 Å². The summed E-state index contributed by atoms with van der Waals surface area (Å²) in [6, 6.07) is 0. The average molecular weight is 233 g/mol. The van der Waals surface area contributed by atoms with Crippen molar-refractivity contribution in [3.05, 3.63) is 15.0 Å². The fraction of sp³-hybridized carbons (Fsp3) is 0.556. The molecule has 3 nitrogen and oxygen atoms in total. The molecule has 1 rings (SSSR count). The number of primary amides is 1. The summed E-state index contributed by atoms with van der Waals surface area (Å²) in [5, 5.41) is 1.22. The van der Waals surface area contributed by atoms with Crippen LogP contribution in [0.5, 0.6) is 0 Å². The van der Waals surface area contributed by atoms with Gasteiger partial charge in [-0.3, -0.25) is 4.79 Å². The van der Waals surface area contributed by atoms with Gasteiger partial charge in [0, 0.05) is 4.88 Å². The monoisotopic (exact) mass is 232 g/mol. The maximum Gasteiger partial charge on any atom is 0.224 e. The van der Waals surface area contributed by atoms with Crippen LogP contribution >= 0.6 is 22.9 Å². The van der Waals surface area contributed by atoms with E-state index in [0.29, 0.717) is 16.1 Å². The molecular weight excluding hydrogens is 220 g/mol. The Labute approximate surface area is 92.3 Å². The number of carbonyl (C=O) groups is 1. The number of hydrogen-bond donors (Lipinski definition) is 1. The maximum atomic E-state index is 10.7. The zero-order valence-electron chi connectivity index (χ0n) is 8.21. The summed E-state index contributed by atoms with van der Waals surface area (Å²) in [6.07, 6.45) is 1.08. The number of hydrogen-bond acceptors (Lipinski definition) is 3. The highest BCUT2D eigenvalue weighted by Crippen LogP contribution is 2.25. The standard InChI is InChI=1S/C9H13ClN2OS/c1-5(2)3-6-9(10)12-8(14-6)4-7(11)13/h5H,3-4H2,1-2H3,(H2,11,13). The van der Waals surface area contributed by atoms with Gasteiger partial charge in [-0.1, -0.05) is 25.4 Å². The van der Waals surface area contributed by atoms with Gasteiger partial charge in [0.25, 0.3) is 0 Å². The number of rotatable bonds is 4. The molecule has 2 N–H and O–H groups in total. The van der Waals surface area contributed by atoms with Crippen molar-refractivity contribution in [3.63, 3.8) is 0 Å². The quantitative estimate of drug-likeness (QED) is 0.864. The Morgan fingerprint density at radius 3 is 2.79 bits per heavy atom. The van der Waals surface area contributed by atoms with E-state index in [4.69, 9.17) is 17.3 Å². The minimum Gasteiger partial charge on any atom is -0.369 e. The summed E-state index contributed by atoms with van der Waals surface area (Å²) in [4.78, 5) is 15.8. The Morgan fingerprint density at radius 1 is 1.64 bits per heavy atom. The number of aromatic nitrogens is 1. The first-order valence-electron chi connectivity index (χ1n) is 4.41. The van der Waals surface area contributed by atoms with Gasteiger partial charge in [-0.05, 0) is 12.3 Å². The summed E-state index contributed by atoms with van der Waals surface area (Å²) in [5.74, 6) is 0.167. The van der Waals surface area contributed by atoms with E-state index in [2.05, 4.69) is 18.8 Å². The van der Waals surface area contributed by atoms with E-state index in [0.717, 1.165) is 11.3 Å². The van der Waals surface area contributed by atoms with Gasteiger partial charge in [-0.25, -0.2) is 4.98 Å². The molecule has 5 heteroatoms. The molecule has 1 heterocycles. The van der Waals surface area contributed by atoms with Crippen molar-refractivity contribution in [2.75, 3.05) is 0 Å². The second kappa shape index (κ2) is 4.75. The fourth-order valence-electron chi connectivity index (χ4n) is 1.10. The van der Waals surface area contributed by atoms with Crippen LogP contribution < -0.4 is 5.73 Å². The Kier molecular flexibility index (Phi) is 3.89. The molecule has 0 aliphatic carbocycles. The van der Waals surface area contributed by atoms with Crippen LogP contribution in [0, 0.1) is 5.92 Å². The van der Waals surface area contributed by atoms with Crippen LogP contribution in [-0.2, 0) is 17.6 Å². The maximum absolute atomic E-state index is 10.7. The van der Waals surface area contributed by atoms with E-state index in [1.807, 2.05) is 0 Å². The lowest BCUT2D eigenvalue weighted by Crippen LogP contribution is -2.13. The second-order valence-electron chi connectivity index (χ2n) is 3.56. The molecule has 0 saturated heterocycles. The third kappa shape index (κ3) is 3.27. The molecule has 1 aromatic rings. The Morgan fingerprint density at radius 2 is 2.29 bits per heavy atom. The normalized spacial score (nSPS) is 10.9. The molecule has 0 aliphatic rings. The summed E-state index contributed by atoms with van der Waals surface area (Å²) < 4.78 is 0. The SMILES string of the molecule is CC(C)Cc1sc(CC(N)=O)nc1Cl. The molecule has 0 radical (unpaired) electrons. The van der Waals surface area contributed by atoms with Gasteiger partial charge in [0.2, 0.25) is 5.91 Å². The minimum absolute atomic E-state index is 0.183. The highest BCUT2D eigenvalue weighted by atomic mass is 35.5. The third-order valence-corrected chi connectivity index (χ3v) is 3.12. The molecule has 0 spiro atoms. The van der Waals surface area contributed by atoms with Crippen LogP contribution in [0.3, 0.4) is 0 Å². The van der Waals surface area contributed by atoms with Gasteiger partial charge >= 0.3 is 0 Å². The zero-order valence-corrected chi connectivity index (χ0v) is 9.78. The number of carbonyl (C=O) groups excluding carboxylic acids is 1. The number of nitrogens with two attached hydrogens (primary N) is 1. The Bertz CT molecular complexity index is 336. The van der Waals surface area contributed by atoms with Crippen LogP contribution in [0.25, 0.3) is 0 Å². The number of amides is 1. The first kappa shape index (κ1) is 11.5. The molecule has 0 aromatic carbocycles. The predicted octanol–water partition coefficient (Wildman–Crippen LogP) is 2.02. The van der Waals surface area contributed by atoms with Crippen LogP contribution in [0.2, 0.25) is 5.15 Å². The van der Waals surface area contributed by atoms with Crippen molar-refractivity contribution in [2.45, 2.75) is 26.7 Å². The Hall–Kier alpha value is -0.610. The van der Waals surface area contributed by atoms with Crippen molar-refractivity contribution in [3.8, 4) is 0 Å². The number of thiazole rings is 1. The lowest BCUT2D eigenvalue weighted by Gasteiger charge is -1.99. The van der Waals surface area contributed by atoms with Gasteiger partial charge in [-0.2, -0.15) is 0 Å². The second-order valence-corrected chi connectivity index (χ2v) is 5.09. The van der Waals surface area contributed by atoms with Gasteiger partial charge < -0.3 is 5.73 Å². The molecule has 0 bridgehead atoms. The van der Waals surface area contributed by atoms with Crippen LogP contribution in [0.4, 0.5) is 0 Å². The molecule has 1 aromatic heterocycles. The van der Waals surface area contributed by atoms with Crippen LogP contribution in [-0.4, -0.2) is 10.9 Å².